The lowest BCUT2D eigenvalue weighted by atomic mass is 10.2. The van der Waals surface area contributed by atoms with Gasteiger partial charge >= 0.3 is 0 Å². The molecule has 0 unspecified atom stereocenters. The standard InChI is InChI=1S/C14H18N4O2/c1-3-19-11-6-5-10(7-12(11)20-4-2)18-14-9-16-13(15)8-17-14/h5-9H,3-4H2,1-2H3,(H2,15,16)(H,17,18). The summed E-state index contributed by atoms with van der Waals surface area (Å²) in [7, 11) is 0. The highest BCUT2D eigenvalue weighted by Crippen LogP contribution is 2.31. The van der Waals surface area contributed by atoms with Crippen molar-refractivity contribution in [2.45, 2.75) is 13.8 Å². The zero-order valence-corrected chi connectivity index (χ0v) is 11.6. The predicted octanol–water partition coefficient (Wildman–Crippen LogP) is 2.60. The van der Waals surface area contributed by atoms with Crippen LogP contribution in [0.25, 0.3) is 0 Å². The van der Waals surface area contributed by atoms with E-state index in [0.717, 1.165) is 11.4 Å². The summed E-state index contributed by atoms with van der Waals surface area (Å²) in [6, 6.07) is 5.62. The quantitative estimate of drug-likeness (QED) is 0.842. The van der Waals surface area contributed by atoms with Gasteiger partial charge in [-0.3, -0.25) is 0 Å². The van der Waals surface area contributed by atoms with Gasteiger partial charge in [0.15, 0.2) is 11.5 Å². The maximum Gasteiger partial charge on any atom is 0.163 e. The van der Waals surface area contributed by atoms with Crippen LogP contribution in [-0.4, -0.2) is 23.2 Å². The summed E-state index contributed by atoms with van der Waals surface area (Å²) in [6.45, 7) is 5.04. The van der Waals surface area contributed by atoms with Crippen LogP contribution in [0.5, 0.6) is 11.5 Å². The summed E-state index contributed by atoms with van der Waals surface area (Å²) in [6.07, 6.45) is 3.08. The number of nitrogens with zero attached hydrogens (tertiary/aromatic N) is 2. The maximum atomic E-state index is 5.57. The summed E-state index contributed by atoms with van der Waals surface area (Å²) >= 11 is 0. The fourth-order valence-corrected chi connectivity index (χ4v) is 1.68. The van der Waals surface area contributed by atoms with E-state index in [9.17, 15) is 0 Å². The SMILES string of the molecule is CCOc1ccc(Nc2cnc(N)cn2)cc1OCC. The number of nitrogens with two attached hydrogens (primary N) is 1. The molecule has 2 aromatic rings. The molecule has 0 amide bonds. The van der Waals surface area contributed by atoms with Gasteiger partial charge in [0, 0.05) is 11.8 Å². The summed E-state index contributed by atoms with van der Waals surface area (Å²) in [5.74, 6) is 2.43. The number of aromatic nitrogens is 2. The Morgan fingerprint density at radius 1 is 1.05 bits per heavy atom. The molecule has 1 aromatic carbocycles. The third kappa shape index (κ3) is 3.50. The molecule has 0 radical (unpaired) electrons. The molecule has 3 N–H and O–H groups in total. The van der Waals surface area contributed by atoms with Crippen LogP contribution in [0.4, 0.5) is 17.3 Å². The van der Waals surface area contributed by atoms with Crippen LogP contribution in [0.15, 0.2) is 30.6 Å². The summed E-state index contributed by atoms with van der Waals surface area (Å²) in [4.78, 5) is 8.12. The van der Waals surface area contributed by atoms with Gasteiger partial charge in [0.1, 0.15) is 11.6 Å². The van der Waals surface area contributed by atoms with E-state index in [0.29, 0.717) is 30.6 Å². The zero-order chi connectivity index (χ0) is 14.4. The topological polar surface area (TPSA) is 82.3 Å². The molecular formula is C14H18N4O2. The predicted molar refractivity (Wildman–Crippen MR) is 78.5 cm³/mol. The second-order valence-electron chi connectivity index (χ2n) is 3.98. The third-order valence-corrected chi connectivity index (χ3v) is 2.49. The van der Waals surface area contributed by atoms with Crippen LogP contribution in [0, 0.1) is 0 Å². The zero-order valence-electron chi connectivity index (χ0n) is 11.6. The average Bonchev–Trinajstić information content (AvgIpc) is 2.45. The Labute approximate surface area is 118 Å². The Morgan fingerprint density at radius 3 is 2.45 bits per heavy atom. The number of ether oxygens (including phenoxy) is 2. The van der Waals surface area contributed by atoms with Crippen molar-refractivity contribution >= 4 is 17.3 Å². The normalized spacial score (nSPS) is 10.1. The molecule has 0 aliphatic heterocycles. The monoisotopic (exact) mass is 274 g/mol. The van der Waals surface area contributed by atoms with E-state index >= 15 is 0 Å². The van der Waals surface area contributed by atoms with Crippen LogP contribution in [-0.2, 0) is 0 Å². The highest BCUT2D eigenvalue weighted by molar-refractivity contribution is 5.61. The molecule has 1 aromatic heterocycles. The number of benzene rings is 1. The van der Waals surface area contributed by atoms with E-state index in [2.05, 4.69) is 15.3 Å². The smallest absolute Gasteiger partial charge is 0.163 e. The highest BCUT2D eigenvalue weighted by atomic mass is 16.5. The first-order valence-corrected chi connectivity index (χ1v) is 6.47. The summed E-state index contributed by atoms with van der Waals surface area (Å²) < 4.78 is 11.1. The third-order valence-electron chi connectivity index (χ3n) is 2.49. The van der Waals surface area contributed by atoms with Gasteiger partial charge in [0.2, 0.25) is 0 Å². The molecule has 0 bridgehead atoms. The lowest BCUT2D eigenvalue weighted by Crippen LogP contribution is -2.00. The van der Waals surface area contributed by atoms with Crippen molar-refractivity contribution in [1.82, 2.24) is 9.97 Å². The summed E-state index contributed by atoms with van der Waals surface area (Å²) in [5, 5.41) is 3.13. The highest BCUT2D eigenvalue weighted by Gasteiger charge is 2.06. The molecule has 0 aliphatic carbocycles. The lowest BCUT2D eigenvalue weighted by molar-refractivity contribution is 0.288. The van der Waals surface area contributed by atoms with Crippen LogP contribution < -0.4 is 20.5 Å². The van der Waals surface area contributed by atoms with Gasteiger partial charge in [-0.1, -0.05) is 0 Å². The van der Waals surface area contributed by atoms with E-state index in [1.54, 1.807) is 6.20 Å². The Kier molecular flexibility index (Phi) is 4.60. The number of rotatable bonds is 6. The number of hydrogen-bond acceptors (Lipinski definition) is 6. The first-order chi connectivity index (χ1) is 9.72. The second kappa shape index (κ2) is 6.60. The van der Waals surface area contributed by atoms with Gasteiger partial charge in [0.25, 0.3) is 0 Å². The van der Waals surface area contributed by atoms with Crippen molar-refractivity contribution < 1.29 is 9.47 Å². The molecule has 0 aliphatic rings. The van der Waals surface area contributed by atoms with Gasteiger partial charge < -0.3 is 20.5 Å². The molecule has 0 fully saturated rings. The molecule has 106 valence electrons. The number of anilines is 3. The van der Waals surface area contributed by atoms with Crippen molar-refractivity contribution in [3.8, 4) is 11.5 Å². The molecule has 0 atom stereocenters. The van der Waals surface area contributed by atoms with E-state index in [4.69, 9.17) is 15.2 Å². The Balaban J connectivity index is 2.19. The Bertz CT molecular complexity index is 558. The molecule has 20 heavy (non-hydrogen) atoms. The molecule has 0 spiro atoms. The minimum atomic E-state index is 0.386. The van der Waals surface area contributed by atoms with Gasteiger partial charge in [-0.05, 0) is 26.0 Å². The van der Waals surface area contributed by atoms with Gasteiger partial charge in [-0.2, -0.15) is 0 Å². The molecule has 6 nitrogen and oxygen atoms in total. The lowest BCUT2D eigenvalue weighted by Gasteiger charge is -2.13. The van der Waals surface area contributed by atoms with Crippen molar-refractivity contribution in [2.24, 2.45) is 0 Å². The number of nitrogens with one attached hydrogen (secondary N) is 1. The van der Waals surface area contributed by atoms with E-state index in [1.165, 1.54) is 6.20 Å². The Hall–Kier alpha value is -2.50. The van der Waals surface area contributed by atoms with Crippen molar-refractivity contribution in [3.63, 3.8) is 0 Å². The van der Waals surface area contributed by atoms with Crippen LogP contribution in [0.3, 0.4) is 0 Å². The van der Waals surface area contributed by atoms with Gasteiger partial charge in [-0.15, -0.1) is 0 Å². The minimum Gasteiger partial charge on any atom is -0.490 e. The van der Waals surface area contributed by atoms with Crippen LogP contribution in [0.1, 0.15) is 13.8 Å². The molecule has 1 heterocycles. The minimum absolute atomic E-state index is 0.386. The maximum absolute atomic E-state index is 5.57. The molecule has 2 rings (SSSR count). The molecule has 0 saturated heterocycles. The molecular weight excluding hydrogens is 256 g/mol. The summed E-state index contributed by atoms with van der Waals surface area (Å²) in [5.41, 5.74) is 6.34. The average molecular weight is 274 g/mol. The Morgan fingerprint density at radius 2 is 1.80 bits per heavy atom. The van der Waals surface area contributed by atoms with Crippen molar-refractivity contribution in [3.05, 3.63) is 30.6 Å². The first-order valence-electron chi connectivity index (χ1n) is 6.47. The first kappa shape index (κ1) is 13.9. The van der Waals surface area contributed by atoms with Gasteiger partial charge in [-0.25, -0.2) is 9.97 Å². The van der Waals surface area contributed by atoms with E-state index in [-0.39, 0.29) is 0 Å². The number of hydrogen-bond donors (Lipinski definition) is 2. The van der Waals surface area contributed by atoms with Crippen LogP contribution >= 0.6 is 0 Å². The van der Waals surface area contributed by atoms with Crippen molar-refractivity contribution in [1.29, 1.82) is 0 Å². The van der Waals surface area contributed by atoms with Crippen LogP contribution in [0.2, 0.25) is 0 Å². The van der Waals surface area contributed by atoms with E-state index < -0.39 is 0 Å². The molecule has 0 saturated carbocycles. The van der Waals surface area contributed by atoms with Crippen molar-refractivity contribution in [2.75, 3.05) is 24.3 Å². The largest absolute Gasteiger partial charge is 0.490 e. The van der Waals surface area contributed by atoms with E-state index in [1.807, 2.05) is 32.0 Å². The van der Waals surface area contributed by atoms with Gasteiger partial charge in [0.05, 0.1) is 25.6 Å². The number of nitrogen functional groups attached to an aromatic ring is 1. The fourth-order valence-electron chi connectivity index (χ4n) is 1.68. The molecule has 6 heteroatoms. The fraction of sp³-hybridized carbons (Fsp3) is 0.286. The second-order valence-corrected chi connectivity index (χ2v) is 3.98.